The summed E-state index contributed by atoms with van der Waals surface area (Å²) in [5.74, 6) is 0.0941. The number of pyridine rings is 1. The molecule has 0 bridgehead atoms. The molecule has 3 rings (SSSR count). The van der Waals surface area contributed by atoms with Gasteiger partial charge in [0.1, 0.15) is 0 Å². The molecule has 0 spiro atoms. The maximum atomic E-state index is 12.0. The molecule has 2 aromatic rings. The normalized spacial score (nSPS) is 15.2. The van der Waals surface area contributed by atoms with Gasteiger partial charge in [-0.05, 0) is 25.0 Å². The quantitative estimate of drug-likeness (QED) is 0.924. The fourth-order valence-electron chi connectivity index (χ4n) is 2.68. The molecule has 4 nitrogen and oxygen atoms in total. The Morgan fingerprint density at radius 2 is 2.14 bits per heavy atom. The molecule has 1 N–H and O–H groups in total. The highest BCUT2D eigenvalue weighted by atomic mass is 32.1. The van der Waals surface area contributed by atoms with Gasteiger partial charge in [-0.25, -0.2) is 4.98 Å². The number of rotatable bonds is 5. The van der Waals surface area contributed by atoms with E-state index in [0.717, 1.165) is 35.7 Å². The van der Waals surface area contributed by atoms with E-state index in [1.165, 1.54) is 12.8 Å². The number of carbonyl (C=O) groups excluding carboxylic acids is 1. The molecule has 1 aliphatic carbocycles. The molecule has 2 aromatic heterocycles. The van der Waals surface area contributed by atoms with Gasteiger partial charge < -0.3 is 5.32 Å². The minimum Gasteiger partial charge on any atom is -0.353 e. The Kier molecular flexibility index (Phi) is 4.60. The summed E-state index contributed by atoms with van der Waals surface area (Å²) in [6, 6.07) is 6.26. The largest absolute Gasteiger partial charge is 0.353 e. The smallest absolute Gasteiger partial charge is 0.226 e. The van der Waals surface area contributed by atoms with Crippen LogP contribution in [0.3, 0.4) is 0 Å². The summed E-state index contributed by atoms with van der Waals surface area (Å²) in [7, 11) is 0. The van der Waals surface area contributed by atoms with Gasteiger partial charge in [0.05, 0.1) is 17.1 Å². The number of carbonyl (C=O) groups is 1. The zero-order valence-corrected chi connectivity index (χ0v) is 12.7. The minimum atomic E-state index is 0.0941. The monoisotopic (exact) mass is 301 g/mol. The molecule has 1 aliphatic rings. The molecule has 21 heavy (non-hydrogen) atoms. The summed E-state index contributed by atoms with van der Waals surface area (Å²) in [4.78, 5) is 20.8. The maximum Gasteiger partial charge on any atom is 0.226 e. The van der Waals surface area contributed by atoms with Crippen LogP contribution in [-0.2, 0) is 17.6 Å². The lowest BCUT2D eigenvalue weighted by Gasteiger charge is -2.10. The van der Waals surface area contributed by atoms with Crippen molar-refractivity contribution in [3.63, 3.8) is 0 Å². The summed E-state index contributed by atoms with van der Waals surface area (Å²) in [6.45, 7) is 0. The van der Waals surface area contributed by atoms with Gasteiger partial charge in [-0.1, -0.05) is 18.9 Å². The summed E-state index contributed by atoms with van der Waals surface area (Å²) < 4.78 is 0. The molecule has 2 heterocycles. The van der Waals surface area contributed by atoms with E-state index in [1.54, 1.807) is 17.5 Å². The van der Waals surface area contributed by atoms with Crippen LogP contribution in [0.2, 0.25) is 0 Å². The number of nitrogens with one attached hydrogen (secondary N) is 1. The predicted molar refractivity (Wildman–Crippen MR) is 83.3 cm³/mol. The Morgan fingerprint density at radius 3 is 2.90 bits per heavy atom. The van der Waals surface area contributed by atoms with Crippen molar-refractivity contribution < 1.29 is 4.79 Å². The number of nitrogens with zero attached hydrogens (tertiary/aromatic N) is 2. The zero-order valence-electron chi connectivity index (χ0n) is 11.9. The fraction of sp³-hybridized carbons (Fsp3) is 0.438. The molecule has 0 aromatic carbocycles. The predicted octanol–water partition coefficient (Wildman–Crippen LogP) is 2.73. The van der Waals surface area contributed by atoms with Gasteiger partial charge >= 0.3 is 0 Å². The van der Waals surface area contributed by atoms with Crippen molar-refractivity contribution >= 4 is 17.2 Å². The molecule has 0 unspecified atom stereocenters. The fourth-order valence-corrected chi connectivity index (χ4v) is 3.49. The molecule has 1 saturated carbocycles. The van der Waals surface area contributed by atoms with Gasteiger partial charge in [-0.15, -0.1) is 11.3 Å². The molecule has 5 heteroatoms. The molecule has 0 atom stereocenters. The van der Waals surface area contributed by atoms with Crippen molar-refractivity contribution in [1.29, 1.82) is 0 Å². The van der Waals surface area contributed by atoms with Crippen LogP contribution in [0, 0.1) is 0 Å². The summed E-state index contributed by atoms with van der Waals surface area (Å²) in [5, 5.41) is 6.09. The van der Waals surface area contributed by atoms with Crippen LogP contribution >= 0.6 is 11.3 Å². The first-order chi connectivity index (χ1) is 10.3. The van der Waals surface area contributed by atoms with Gasteiger partial charge in [-0.3, -0.25) is 9.78 Å². The third-order valence-corrected chi connectivity index (χ3v) is 4.62. The van der Waals surface area contributed by atoms with Crippen LogP contribution in [0.4, 0.5) is 0 Å². The molecule has 110 valence electrons. The third kappa shape index (κ3) is 4.11. The lowest BCUT2D eigenvalue weighted by molar-refractivity contribution is -0.121. The minimum absolute atomic E-state index is 0.0941. The first-order valence-electron chi connectivity index (χ1n) is 7.42. The molecule has 1 amide bonds. The van der Waals surface area contributed by atoms with Gasteiger partial charge in [-0.2, -0.15) is 0 Å². The van der Waals surface area contributed by atoms with Crippen LogP contribution < -0.4 is 5.32 Å². The van der Waals surface area contributed by atoms with E-state index in [0.29, 0.717) is 12.5 Å². The average Bonchev–Trinajstić information content (AvgIpc) is 3.12. The van der Waals surface area contributed by atoms with Gasteiger partial charge in [0.25, 0.3) is 0 Å². The Morgan fingerprint density at radius 1 is 1.29 bits per heavy atom. The van der Waals surface area contributed by atoms with Crippen LogP contribution in [0.25, 0.3) is 0 Å². The second-order valence-corrected chi connectivity index (χ2v) is 6.40. The lowest BCUT2D eigenvalue weighted by atomic mass is 10.2. The topological polar surface area (TPSA) is 54.9 Å². The van der Waals surface area contributed by atoms with E-state index >= 15 is 0 Å². The van der Waals surface area contributed by atoms with E-state index in [2.05, 4.69) is 15.3 Å². The third-order valence-electron chi connectivity index (χ3n) is 3.72. The molecular weight excluding hydrogens is 282 g/mol. The zero-order chi connectivity index (χ0) is 14.5. The molecule has 0 saturated heterocycles. The van der Waals surface area contributed by atoms with E-state index in [1.807, 2.05) is 23.6 Å². The molecule has 0 aliphatic heterocycles. The number of hydrogen-bond acceptors (Lipinski definition) is 4. The highest BCUT2D eigenvalue weighted by molar-refractivity contribution is 7.09. The highest BCUT2D eigenvalue weighted by Crippen LogP contribution is 2.18. The standard InChI is InChI=1S/C16H19N3OS/c20-15(18-12-5-1-2-6-12)9-14-11-21-16(19-14)10-13-7-3-4-8-17-13/h3-4,7-8,11-12H,1-2,5-6,9-10H2,(H,18,20). The van der Waals surface area contributed by atoms with Crippen LogP contribution in [0.1, 0.15) is 42.1 Å². The van der Waals surface area contributed by atoms with Crippen molar-refractivity contribution in [2.75, 3.05) is 0 Å². The van der Waals surface area contributed by atoms with Crippen molar-refractivity contribution in [2.24, 2.45) is 0 Å². The van der Waals surface area contributed by atoms with E-state index in [9.17, 15) is 4.79 Å². The highest BCUT2D eigenvalue weighted by Gasteiger charge is 2.17. The Labute approximate surface area is 128 Å². The first kappa shape index (κ1) is 14.2. The number of hydrogen-bond donors (Lipinski definition) is 1. The van der Waals surface area contributed by atoms with Crippen LogP contribution in [-0.4, -0.2) is 21.9 Å². The van der Waals surface area contributed by atoms with Crippen molar-refractivity contribution in [1.82, 2.24) is 15.3 Å². The Bertz CT molecular complexity index is 591. The Balaban J connectivity index is 1.53. The molecular formula is C16H19N3OS. The summed E-state index contributed by atoms with van der Waals surface area (Å²) in [5.41, 5.74) is 1.87. The van der Waals surface area contributed by atoms with Gasteiger partial charge in [0.15, 0.2) is 0 Å². The SMILES string of the molecule is O=C(Cc1csc(Cc2ccccn2)n1)NC1CCCC1. The van der Waals surface area contributed by atoms with Crippen LogP contribution in [0.5, 0.6) is 0 Å². The van der Waals surface area contributed by atoms with Gasteiger partial charge in [0, 0.05) is 29.7 Å². The second kappa shape index (κ2) is 6.80. The van der Waals surface area contributed by atoms with Crippen molar-refractivity contribution in [3.05, 3.63) is 46.2 Å². The lowest BCUT2D eigenvalue weighted by Crippen LogP contribution is -2.33. The number of thiazole rings is 1. The Hall–Kier alpha value is -1.75. The number of aromatic nitrogens is 2. The second-order valence-electron chi connectivity index (χ2n) is 5.46. The van der Waals surface area contributed by atoms with E-state index in [4.69, 9.17) is 0 Å². The van der Waals surface area contributed by atoms with Crippen molar-refractivity contribution in [2.45, 2.75) is 44.6 Å². The van der Waals surface area contributed by atoms with Crippen LogP contribution in [0.15, 0.2) is 29.8 Å². The average molecular weight is 301 g/mol. The summed E-state index contributed by atoms with van der Waals surface area (Å²) in [6.07, 6.45) is 7.61. The van der Waals surface area contributed by atoms with Crippen molar-refractivity contribution in [3.8, 4) is 0 Å². The maximum absolute atomic E-state index is 12.0. The summed E-state index contributed by atoms with van der Waals surface area (Å²) >= 11 is 1.60. The van der Waals surface area contributed by atoms with E-state index < -0.39 is 0 Å². The van der Waals surface area contributed by atoms with Gasteiger partial charge in [0.2, 0.25) is 5.91 Å². The van der Waals surface area contributed by atoms with E-state index in [-0.39, 0.29) is 5.91 Å². The molecule has 0 radical (unpaired) electrons. The number of amides is 1. The molecule has 1 fully saturated rings. The first-order valence-corrected chi connectivity index (χ1v) is 8.30.